The van der Waals surface area contributed by atoms with Crippen LogP contribution in [0.15, 0.2) is 0 Å². The normalized spacial score (nSPS) is 19.6. The molecule has 0 heterocycles. The molecule has 0 aromatic carbocycles. The summed E-state index contributed by atoms with van der Waals surface area (Å²) in [5, 5.41) is 0. The van der Waals surface area contributed by atoms with Crippen molar-refractivity contribution >= 4 is 8.24 Å². The van der Waals surface area contributed by atoms with Crippen molar-refractivity contribution in [3.05, 3.63) is 0 Å². The van der Waals surface area contributed by atoms with E-state index < -0.39 is 8.24 Å². The maximum atomic E-state index is 3.94. The Bertz CT molecular complexity index is 141. The fraction of sp³-hybridized carbons (Fsp3) is 1.00. The van der Waals surface area contributed by atoms with E-state index in [0.29, 0.717) is 0 Å². The van der Waals surface area contributed by atoms with Crippen LogP contribution in [0.3, 0.4) is 0 Å². The molecule has 2 heteroatoms. The second kappa shape index (κ2) is 7.45. The molecular formula is C13H31NSi. The molecule has 1 nitrogen and oxygen atoms in total. The number of rotatable bonds is 8. The molecule has 0 radical (unpaired) electrons. The average molecular weight is 229 g/mol. The zero-order valence-electron chi connectivity index (χ0n) is 11.7. The molecule has 0 fully saturated rings. The van der Waals surface area contributed by atoms with Crippen molar-refractivity contribution in [1.82, 2.24) is 4.98 Å². The summed E-state index contributed by atoms with van der Waals surface area (Å²) in [6, 6.07) is 1.45. The fourth-order valence-corrected chi connectivity index (χ4v) is 8.66. The Morgan fingerprint density at radius 1 is 0.933 bits per heavy atom. The largest absolute Gasteiger partial charge is 0.337 e. The van der Waals surface area contributed by atoms with Crippen LogP contribution in [0, 0.1) is 0 Å². The summed E-state index contributed by atoms with van der Waals surface area (Å²) in [5.74, 6) is 0. The summed E-state index contributed by atoms with van der Waals surface area (Å²) in [7, 11) is -1.25. The highest BCUT2D eigenvalue weighted by atomic mass is 28.3. The Morgan fingerprint density at radius 3 is 1.67 bits per heavy atom. The van der Waals surface area contributed by atoms with Gasteiger partial charge in [0.25, 0.3) is 0 Å². The van der Waals surface area contributed by atoms with E-state index in [1.54, 1.807) is 0 Å². The Labute approximate surface area is 98.1 Å². The van der Waals surface area contributed by atoms with Crippen LogP contribution in [0.5, 0.6) is 0 Å². The Balaban J connectivity index is 4.86. The first-order chi connectivity index (χ1) is 7.08. The minimum absolute atomic E-state index is 0.910. The van der Waals surface area contributed by atoms with Crippen molar-refractivity contribution in [2.75, 3.05) is 6.54 Å². The Kier molecular flexibility index (Phi) is 7.54. The molecule has 0 aromatic rings. The molecule has 1 N–H and O–H groups in total. The molecule has 0 aliphatic carbocycles. The van der Waals surface area contributed by atoms with Crippen LogP contribution in [-0.2, 0) is 0 Å². The van der Waals surface area contributed by atoms with E-state index in [-0.39, 0.29) is 0 Å². The van der Waals surface area contributed by atoms with Gasteiger partial charge in [-0.3, -0.25) is 0 Å². The quantitative estimate of drug-likeness (QED) is 0.602. The first kappa shape index (κ1) is 15.2. The lowest BCUT2D eigenvalue weighted by molar-refractivity contribution is 0.690. The standard InChI is InChI=1S/C13H31NSi/c1-7-11-15(14-10-4,12(5)8-2)13(6)9-3/h12-14H,7-11H2,1-6H3. The molecule has 0 aliphatic heterocycles. The highest BCUT2D eigenvalue weighted by Crippen LogP contribution is 2.38. The molecule has 0 spiro atoms. The first-order valence-corrected chi connectivity index (χ1v) is 9.20. The van der Waals surface area contributed by atoms with Gasteiger partial charge in [0.15, 0.2) is 0 Å². The van der Waals surface area contributed by atoms with E-state index in [1.165, 1.54) is 25.3 Å². The van der Waals surface area contributed by atoms with Gasteiger partial charge >= 0.3 is 0 Å². The zero-order valence-corrected chi connectivity index (χ0v) is 12.7. The third-order valence-electron chi connectivity index (χ3n) is 4.15. The number of nitrogens with one attached hydrogen (secondary N) is 1. The van der Waals surface area contributed by atoms with E-state index >= 15 is 0 Å². The minimum atomic E-state index is -1.25. The van der Waals surface area contributed by atoms with Gasteiger partial charge in [0.2, 0.25) is 0 Å². The van der Waals surface area contributed by atoms with Gasteiger partial charge in [0.05, 0.1) is 0 Å². The third-order valence-corrected chi connectivity index (χ3v) is 10.8. The maximum absolute atomic E-state index is 3.94. The highest BCUT2D eigenvalue weighted by Gasteiger charge is 2.40. The van der Waals surface area contributed by atoms with Gasteiger partial charge in [-0.05, 0) is 23.7 Å². The van der Waals surface area contributed by atoms with Gasteiger partial charge in [-0.1, -0.05) is 60.8 Å². The van der Waals surface area contributed by atoms with E-state index in [1.807, 2.05) is 0 Å². The highest BCUT2D eigenvalue weighted by molar-refractivity contribution is 6.80. The first-order valence-electron chi connectivity index (χ1n) is 6.83. The summed E-state index contributed by atoms with van der Waals surface area (Å²) < 4.78 is 0. The van der Waals surface area contributed by atoms with Crippen LogP contribution in [0.4, 0.5) is 0 Å². The van der Waals surface area contributed by atoms with Gasteiger partial charge in [0, 0.05) is 0 Å². The van der Waals surface area contributed by atoms with Crippen molar-refractivity contribution in [3.63, 3.8) is 0 Å². The topological polar surface area (TPSA) is 12.0 Å². The minimum Gasteiger partial charge on any atom is -0.337 e. The predicted molar refractivity (Wildman–Crippen MR) is 74.0 cm³/mol. The van der Waals surface area contributed by atoms with Crippen LogP contribution in [0.1, 0.15) is 60.8 Å². The molecule has 0 rings (SSSR count). The number of hydrogen-bond donors (Lipinski definition) is 1. The van der Waals surface area contributed by atoms with Crippen molar-refractivity contribution in [3.8, 4) is 0 Å². The molecule has 0 saturated carbocycles. The van der Waals surface area contributed by atoms with Crippen molar-refractivity contribution in [1.29, 1.82) is 0 Å². The van der Waals surface area contributed by atoms with Gasteiger partial charge < -0.3 is 4.98 Å². The summed E-state index contributed by atoms with van der Waals surface area (Å²) in [5.41, 5.74) is 1.82. The van der Waals surface area contributed by atoms with Gasteiger partial charge in [-0.25, -0.2) is 0 Å². The van der Waals surface area contributed by atoms with Crippen molar-refractivity contribution in [2.45, 2.75) is 77.9 Å². The van der Waals surface area contributed by atoms with E-state index in [4.69, 9.17) is 0 Å². The van der Waals surface area contributed by atoms with Gasteiger partial charge in [-0.15, -0.1) is 0 Å². The molecule has 0 amide bonds. The molecule has 2 atom stereocenters. The summed E-state index contributed by atoms with van der Waals surface area (Å²) in [4.78, 5) is 3.94. The van der Waals surface area contributed by atoms with E-state index in [2.05, 4.69) is 46.5 Å². The van der Waals surface area contributed by atoms with E-state index in [9.17, 15) is 0 Å². The maximum Gasteiger partial charge on any atom is 0.131 e. The Morgan fingerprint density at radius 2 is 1.40 bits per heavy atom. The van der Waals surface area contributed by atoms with Gasteiger partial charge in [-0.2, -0.15) is 0 Å². The van der Waals surface area contributed by atoms with Crippen LogP contribution in [0.2, 0.25) is 17.1 Å². The summed E-state index contributed by atoms with van der Waals surface area (Å²) in [6.45, 7) is 15.4. The molecule has 15 heavy (non-hydrogen) atoms. The van der Waals surface area contributed by atoms with Crippen LogP contribution in [0.25, 0.3) is 0 Å². The number of hydrogen-bond acceptors (Lipinski definition) is 1. The lowest BCUT2D eigenvalue weighted by Crippen LogP contribution is -2.56. The zero-order chi connectivity index (χ0) is 11.9. The smallest absolute Gasteiger partial charge is 0.131 e. The van der Waals surface area contributed by atoms with Crippen molar-refractivity contribution < 1.29 is 0 Å². The molecule has 0 bridgehead atoms. The van der Waals surface area contributed by atoms with E-state index in [0.717, 1.165) is 17.6 Å². The Hall–Kier alpha value is 0.177. The monoisotopic (exact) mass is 229 g/mol. The molecule has 0 saturated heterocycles. The van der Waals surface area contributed by atoms with Crippen molar-refractivity contribution in [2.24, 2.45) is 0 Å². The second-order valence-electron chi connectivity index (χ2n) is 4.94. The second-order valence-corrected chi connectivity index (χ2v) is 9.84. The van der Waals surface area contributed by atoms with Gasteiger partial charge in [0.1, 0.15) is 8.24 Å². The lowest BCUT2D eigenvalue weighted by Gasteiger charge is -2.42. The molecule has 92 valence electrons. The lowest BCUT2D eigenvalue weighted by atomic mass is 10.3. The predicted octanol–water partition coefficient (Wildman–Crippen LogP) is 4.55. The summed E-state index contributed by atoms with van der Waals surface area (Å²) >= 11 is 0. The molecule has 0 aliphatic rings. The van der Waals surface area contributed by atoms with Crippen LogP contribution in [-0.4, -0.2) is 14.8 Å². The molecule has 0 aromatic heterocycles. The third kappa shape index (κ3) is 3.60. The molecule has 2 unspecified atom stereocenters. The molecular weight excluding hydrogens is 198 g/mol. The average Bonchev–Trinajstić information content (AvgIpc) is 2.26. The SMILES string of the molecule is CCC[Si](NCC)(C(C)CC)C(C)CC. The van der Waals surface area contributed by atoms with Crippen LogP contribution < -0.4 is 4.98 Å². The fourth-order valence-electron chi connectivity index (χ4n) is 2.89. The summed E-state index contributed by atoms with van der Waals surface area (Å²) in [6.07, 6.45) is 4.01. The van der Waals surface area contributed by atoms with Crippen LogP contribution >= 0.6 is 0 Å².